The van der Waals surface area contributed by atoms with Gasteiger partial charge in [0.25, 0.3) is 11.7 Å². The van der Waals surface area contributed by atoms with Gasteiger partial charge in [0, 0.05) is 61.2 Å². The molecule has 0 radical (unpaired) electrons. The molecule has 9 unspecified atom stereocenters. The molecule has 0 spiro atoms. The molecule has 0 saturated carbocycles. The number of esters is 1. The number of methoxy groups -OCH3 is 1. The molecule has 0 aliphatic carbocycles. The van der Waals surface area contributed by atoms with Gasteiger partial charge in [0.1, 0.15) is 35.7 Å². The fraction of sp³-hybridized carbons (Fsp3) is 0.435. The molecule has 6 N–H and O–H groups in total. The number of phenols is 3. The van der Waals surface area contributed by atoms with E-state index in [0.29, 0.717) is 5.75 Å². The number of allylic oxidation sites excluding steroid dienone is 2. The standard InChI is InChI=1S/C46H56N2O14/c1-23-14-13-15-24(2)45(56)48-36-31(22-47-60-21-20-58-30-16-11-10-12-17-30)40(53)33-34(41(36)54)39(52)28(6)43-35(33)44(55)46(8,62-43)59-19-18-32(57-9)25(3)42(61-29(7)49)27(5)38(51)26(4)37(23)50/h10-19,22-23,25-27,32,37-38,42,50-54H,20-21H2,1-9H3,(H,48,56)/b14-13+,19-18+,24-15-,47-22+. The Kier molecular flexibility index (Phi) is 14.9. The Hall–Kier alpha value is -6.10. The molecule has 334 valence electrons. The lowest BCUT2D eigenvalue weighted by molar-refractivity contribution is -0.160. The SMILES string of the molecule is COC1/C=C/OC2(C)Oc3c(C)c(O)c4c(O)c(c(/C=N/OCCOc5ccccc5)c(O)c4c3C2=O)NC(=O)/C(C)=C\C=C\C(C)C(O)C(C)C(O)C(C)C(OC(C)=O)C1C. The number of phenolic OH excluding ortho intramolecular Hbond substituents is 3. The molecular weight excluding hydrogens is 805 g/mol. The second-order valence-electron chi connectivity index (χ2n) is 15.8. The number of carbonyl (C=O) groups is 3. The van der Waals surface area contributed by atoms with Crippen molar-refractivity contribution in [2.75, 3.05) is 25.6 Å². The molecule has 5 bridgehead atoms. The molecule has 3 aromatic carbocycles. The first-order chi connectivity index (χ1) is 29.3. The van der Waals surface area contributed by atoms with E-state index in [1.54, 1.807) is 52.0 Å². The summed E-state index contributed by atoms with van der Waals surface area (Å²) in [5, 5.41) is 64.1. The van der Waals surface area contributed by atoms with E-state index in [2.05, 4.69) is 10.5 Å². The van der Waals surface area contributed by atoms with Crippen LogP contribution in [0.2, 0.25) is 0 Å². The Morgan fingerprint density at radius 1 is 0.919 bits per heavy atom. The highest BCUT2D eigenvalue weighted by molar-refractivity contribution is 6.23. The molecule has 3 aliphatic heterocycles. The molecule has 3 aliphatic rings. The smallest absolute Gasteiger partial charge is 0.312 e. The number of aliphatic hydroxyl groups excluding tert-OH is 2. The minimum absolute atomic E-state index is 0.0183. The van der Waals surface area contributed by atoms with Crippen LogP contribution in [0.4, 0.5) is 5.69 Å². The normalized spacial score (nSPS) is 29.0. The highest BCUT2D eigenvalue weighted by atomic mass is 16.7. The lowest BCUT2D eigenvalue weighted by Crippen LogP contribution is -2.46. The van der Waals surface area contributed by atoms with Crippen molar-refractivity contribution in [1.82, 2.24) is 0 Å². The number of rotatable bonds is 8. The van der Waals surface area contributed by atoms with Gasteiger partial charge in [-0.2, -0.15) is 0 Å². The first kappa shape index (κ1) is 47.0. The van der Waals surface area contributed by atoms with Crippen molar-refractivity contribution >= 4 is 40.3 Å². The zero-order valence-electron chi connectivity index (χ0n) is 36.2. The number of nitrogens with one attached hydrogen (secondary N) is 1. The lowest BCUT2D eigenvalue weighted by atomic mass is 9.78. The Balaban J connectivity index is 1.64. The first-order valence-corrected chi connectivity index (χ1v) is 20.3. The number of para-hydroxylation sites is 1. The summed E-state index contributed by atoms with van der Waals surface area (Å²) in [5.74, 6) is -8.24. The molecule has 0 aromatic heterocycles. The van der Waals surface area contributed by atoms with E-state index in [0.717, 1.165) is 6.21 Å². The number of aromatic hydroxyl groups is 3. The van der Waals surface area contributed by atoms with E-state index in [9.17, 15) is 39.9 Å². The number of oxime groups is 1. The van der Waals surface area contributed by atoms with Crippen LogP contribution in [0.5, 0.6) is 28.7 Å². The summed E-state index contributed by atoms with van der Waals surface area (Å²) < 4.78 is 29.2. The van der Waals surface area contributed by atoms with Crippen molar-refractivity contribution in [2.24, 2.45) is 28.8 Å². The minimum atomic E-state index is -2.08. The summed E-state index contributed by atoms with van der Waals surface area (Å²) in [5.41, 5.74) is -0.742. The van der Waals surface area contributed by atoms with E-state index in [4.69, 9.17) is 28.5 Å². The van der Waals surface area contributed by atoms with Crippen LogP contribution in [-0.2, 0) is 28.6 Å². The predicted octanol–water partition coefficient (Wildman–Crippen LogP) is 6.18. The number of anilines is 1. The number of fused-ring (bicyclic) bond motifs is 14. The van der Waals surface area contributed by atoms with Crippen LogP contribution >= 0.6 is 0 Å². The van der Waals surface area contributed by atoms with Crippen LogP contribution in [0.1, 0.15) is 70.0 Å². The van der Waals surface area contributed by atoms with Gasteiger partial charge >= 0.3 is 11.8 Å². The van der Waals surface area contributed by atoms with Crippen LogP contribution in [-0.4, -0.2) is 99.9 Å². The third-order valence-electron chi connectivity index (χ3n) is 11.5. The molecule has 0 fully saturated rings. The number of aliphatic hydroxyl groups is 2. The number of carbonyl (C=O) groups excluding carboxylic acids is 3. The second-order valence-corrected chi connectivity index (χ2v) is 15.8. The van der Waals surface area contributed by atoms with Crippen LogP contribution in [0.15, 0.2) is 71.6 Å². The molecule has 1 amide bonds. The lowest BCUT2D eigenvalue weighted by Gasteiger charge is -2.38. The molecular formula is C46H56N2O14. The van der Waals surface area contributed by atoms with Gasteiger partial charge in [0.15, 0.2) is 12.4 Å². The van der Waals surface area contributed by atoms with Crippen molar-refractivity contribution in [1.29, 1.82) is 0 Å². The molecule has 3 aromatic rings. The van der Waals surface area contributed by atoms with Gasteiger partial charge in [-0.05, 0) is 32.1 Å². The second kappa shape index (κ2) is 19.7. The van der Waals surface area contributed by atoms with Crippen LogP contribution in [0.3, 0.4) is 0 Å². The molecule has 62 heavy (non-hydrogen) atoms. The number of benzene rings is 3. The van der Waals surface area contributed by atoms with Crippen molar-refractivity contribution in [3.05, 3.63) is 83.2 Å². The van der Waals surface area contributed by atoms with Crippen molar-refractivity contribution in [3.63, 3.8) is 0 Å². The van der Waals surface area contributed by atoms with Gasteiger partial charge in [0.2, 0.25) is 0 Å². The highest BCUT2D eigenvalue weighted by Gasteiger charge is 2.50. The molecule has 16 nitrogen and oxygen atoms in total. The van der Waals surface area contributed by atoms with Gasteiger partial charge in [0.05, 0.1) is 53.0 Å². The monoisotopic (exact) mass is 860 g/mol. The van der Waals surface area contributed by atoms with Crippen LogP contribution in [0, 0.1) is 30.6 Å². The summed E-state index contributed by atoms with van der Waals surface area (Å²) >= 11 is 0. The molecule has 9 atom stereocenters. The largest absolute Gasteiger partial charge is 0.507 e. The minimum Gasteiger partial charge on any atom is -0.507 e. The maximum Gasteiger partial charge on any atom is 0.312 e. The number of Topliss-reactive ketones (excluding diaryl/α,β-unsaturated/α-hetero) is 1. The van der Waals surface area contributed by atoms with Gasteiger partial charge < -0.3 is 59.4 Å². The molecule has 6 rings (SSSR count). The third-order valence-corrected chi connectivity index (χ3v) is 11.5. The summed E-state index contributed by atoms with van der Waals surface area (Å²) in [4.78, 5) is 45.9. The third kappa shape index (κ3) is 9.67. The number of ketones is 1. The Morgan fingerprint density at radius 3 is 2.27 bits per heavy atom. The van der Waals surface area contributed by atoms with E-state index < -0.39 is 88.8 Å². The Morgan fingerprint density at radius 2 is 1.61 bits per heavy atom. The van der Waals surface area contributed by atoms with Gasteiger partial charge in [-0.1, -0.05) is 69.3 Å². The average molecular weight is 861 g/mol. The van der Waals surface area contributed by atoms with E-state index in [1.807, 2.05) is 18.2 Å². The summed E-state index contributed by atoms with van der Waals surface area (Å²) in [6, 6.07) is 8.99. The van der Waals surface area contributed by atoms with Crippen molar-refractivity contribution in [3.8, 4) is 28.7 Å². The fourth-order valence-electron chi connectivity index (χ4n) is 7.73. The first-order valence-electron chi connectivity index (χ1n) is 20.3. The average Bonchev–Trinajstić information content (AvgIpc) is 3.51. The predicted molar refractivity (Wildman–Crippen MR) is 229 cm³/mol. The number of hydrogen-bond acceptors (Lipinski definition) is 15. The maximum absolute atomic E-state index is 14.4. The van der Waals surface area contributed by atoms with E-state index in [-0.39, 0.29) is 57.7 Å². The number of hydrogen-bond donors (Lipinski definition) is 6. The maximum atomic E-state index is 14.4. The van der Waals surface area contributed by atoms with Crippen molar-refractivity contribution < 1.29 is 68.4 Å². The summed E-state index contributed by atoms with van der Waals surface area (Å²) in [7, 11) is 1.42. The molecule has 16 heteroatoms. The topological polar surface area (TPSA) is 232 Å². The zero-order chi connectivity index (χ0) is 45.6. The number of amides is 1. The zero-order valence-corrected chi connectivity index (χ0v) is 36.2. The number of nitrogens with zero attached hydrogens (tertiary/aromatic N) is 1. The summed E-state index contributed by atoms with van der Waals surface area (Å²) in [6.45, 7) is 12.4. The van der Waals surface area contributed by atoms with Crippen LogP contribution < -0.4 is 14.8 Å². The highest BCUT2D eigenvalue weighted by Crippen LogP contribution is 2.55. The molecule has 3 heterocycles. The quantitative estimate of drug-likeness (QED) is 0.0371. The van der Waals surface area contributed by atoms with Gasteiger partial charge in [-0.25, -0.2) is 0 Å². The van der Waals surface area contributed by atoms with Crippen LogP contribution in [0.25, 0.3) is 10.8 Å². The van der Waals surface area contributed by atoms with Gasteiger partial charge in [-0.3, -0.25) is 14.4 Å². The Labute approximate surface area is 360 Å². The number of ether oxygens (including phenoxy) is 5. The summed E-state index contributed by atoms with van der Waals surface area (Å²) in [6.07, 6.45) is 4.39. The molecule has 0 saturated heterocycles. The van der Waals surface area contributed by atoms with Gasteiger partial charge in [-0.15, -0.1) is 0 Å². The van der Waals surface area contributed by atoms with E-state index >= 15 is 0 Å². The van der Waals surface area contributed by atoms with Crippen molar-refractivity contribution in [2.45, 2.75) is 85.6 Å². The Bertz CT molecular complexity index is 2270. The van der Waals surface area contributed by atoms with E-state index in [1.165, 1.54) is 53.2 Å². The fourth-order valence-corrected chi connectivity index (χ4v) is 7.73.